The lowest BCUT2D eigenvalue weighted by atomic mass is 10.2. The van der Waals surface area contributed by atoms with Crippen LogP contribution < -0.4 is 5.32 Å². The Hall–Kier alpha value is -2.30. The smallest absolute Gasteiger partial charge is 0.274 e. The molecule has 0 fully saturated rings. The molecule has 1 aromatic carbocycles. The second-order valence-corrected chi connectivity index (χ2v) is 3.68. The van der Waals surface area contributed by atoms with Crippen molar-refractivity contribution in [2.75, 3.05) is 5.32 Å². The summed E-state index contributed by atoms with van der Waals surface area (Å²) in [5.41, 5.74) is 1.13. The first-order valence-electron chi connectivity index (χ1n) is 5.57. The molecule has 0 radical (unpaired) electrons. The number of aryl methyl sites for hydroxylation is 1. The molecule has 0 aliphatic rings. The SMILES string of the molecule is CCc1cc(C(=O)Nc2ccccc2F)ncn1. The lowest BCUT2D eigenvalue weighted by Crippen LogP contribution is -2.15. The number of rotatable bonds is 3. The maximum atomic E-state index is 13.4. The average molecular weight is 245 g/mol. The van der Waals surface area contributed by atoms with Gasteiger partial charge < -0.3 is 5.32 Å². The van der Waals surface area contributed by atoms with Gasteiger partial charge in [-0.05, 0) is 24.6 Å². The summed E-state index contributed by atoms with van der Waals surface area (Å²) in [6.07, 6.45) is 2.04. The van der Waals surface area contributed by atoms with Crippen LogP contribution in [0.3, 0.4) is 0 Å². The molecule has 0 spiro atoms. The molecule has 92 valence electrons. The van der Waals surface area contributed by atoms with E-state index in [4.69, 9.17) is 0 Å². The van der Waals surface area contributed by atoms with Gasteiger partial charge in [-0.3, -0.25) is 4.79 Å². The summed E-state index contributed by atoms with van der Waals surface area (Å²) in [5, 5.41) is 2.47. The predicted octanol–water partition coefficient (Wildman–Crippen LogP) is 2.43. The molecule has 1 amide bonds. The van der Waals surface area contributed by atoms with E-state index in [2.05, 4.69) is 15.3 Å². The lowest BCUT2D eigenvalue weighted by molar-refractivity contribution is 0.102. The summed E-state index contributed by atoms with van der Waals surface area (Å²) in [6, 6.07) is 7.58. The molecule has 0 aliphatic heterocycles. The zero-order valence-electron chi connectivity index (χ0n) is 9.85. The number of carbonyl (C=O) groups excluding carboxylic acids is 1. The van der Waals surface area contributed by atoms with Crippen LogP contribution in [0.1, 0.15) is 23.1 Å². The van der Waals surface area contributed by atoms with Gasteiger partial charge in [0.15, 0.2) is 0 Å². The molecule has 0 bridgehead atoms. The van der Waals surface area contributed by atoms with Gasteiger partial charge in [0.1, 0.15) is 17.8 Å². The second-order valence-electron chi connectivity index (χ2n) is 3.68. The number of benzene rings is 1. The number of nitrogens with one attached hydrogen (secondary N) is 1. The number of hydrogen-bond acceptors (Lipinski definition) is 3. The second kappa shape index (κ2) is 5.35. The third-order valence-corrected chi connectivity index (χ3v) is 2.44. The maximum Gasteiger partial charge on any atom is 0.274 e. The van der Waals surface area contributed by atoms with Crippen LogP contribution in [0.2, 0.25) is 0 Å². The number of hydrogen-bond donors (Lipinski definition) is 1. The van der Waals surface area contributed by atoms with E-state index in [1.54, 1.807) is 18.2 Å². The van der Waals surface area contributed by atoms with Crippen LogP contribution in [-0.4, -0.2) is 15.9 Å². The first-order chi connectivity index (χ1) is 8.70. The summed E-state index contributed by atoms with van der Waals surface area (Å²) < 4.78 is 13.4. The molecule has 0 unspecified atom stereocenters. The van der Waals surface area contributed by atoms with Crippen molar-refractivity contribution in [2.45, 2.75) is 13.3 Å². The van der Waals surface area contributed by atoms with Gasteiger partial charge in [0, 0.05) is 5.69 Å². The number of carbonyl (C=O) groups is 1. The molecule has 0 atom stereocenters. The Kier molecular flexibility index (Phi) is 3.62. The molecule has 18 heavy (non-hydrogen) atoms. The van der Waals surface area contributed by atoms with Crippen LogP contribution in [0.25, 0.3) is 0 Å². The van der Waals surface area contributed by atoms with Crippen molar-refractivity contribution in [3.8, 4) is 0 Å². The highest BCUT2D eigenvalue weighted by molar-refractivity contribution is 6.02. The number of amides is 1. The fourth-order valence-electron chi connectivity index (χ4n) is 1.46. The van der Waals surface area contributed by atoms with Gasteiger partial charge in [0.2, 0.25) is 0 Å². The lowest BCUT2D eigenvalue weighted by Gasteiger charge is -2.05. The Balaban J connectivity index is 2.19. The van der Waals surface area contributed by atoms with Gasteiger partial charge in [-0.25, -0.2) is 14.4 Å². The first kappa shape index (κ1) is 12.2. The minimum Gasteiger partial charge on any atom is -0.318 e. The Morgan fingerprint density at radius 2 is 2.11 bits per heavy atom. The standard InChI is InChI=1S/C13H12FN3O/c1-2-9-7-12(16-8-15-9)13(18)17-11-6-4-3-5-10(11)14/h3-8H,2H2,1H3,(H,17,18). The number of halogens is 1. The molecule has 0 saturated heterocycles. The van der Waals surface area contributed by atoms with Crippen molar-refractivity contribution in [1.82, 2.24) is 9.97 Å². The van der Waals surface area contributed by atoms with E-state index in [0.717, 1.165) is 5.69 Å². The van der Waals surface area contributed by atoms with E-state index in [-0.39, 0.29) is 11.4 Å². The predicted molar refractivity (Wildman–Crippen MR) is 65.8 cm³/mol. The highest BCUT2D eigenvalue weighted by atomic mass is 19.1. The number of nitrogens with zero attached hydrogens (tertiary/aromatic N) is 2. The monoisotopic (exact) mass is 245 g/mol. The zero-order chi connectivity index (χ0) is 13.0. The third-order valence-electron chi connectivity index (χ3n) is 2.44. The van der Waals surface area contributed by atoms with Crippen LogP contribution >= 0.6 is 0 Å². The topological polar surface area (TPSA) is 54.9 Å². The van der Waals surface area contributed by atoms with E-state index < -0.39 is 11.7 Å². The molecule has 1 aromatic heterocycles. The van der Waals surface area contributed by atoms with Crippen LogP contribution in [0.15, 0.2) is 36.7 Å². The Labute approximate surface area is 104 Å². The highest BCUT2D eigenvalue weighted by Gasteiger charge is 2.10. The van der Waals surface area contributed by atoms with Gasteiger partial charge in [-0.1, -0.05) is 19.1 Å². The van der Waals surface area contributed by atoms with E-state index >= 15 is 0 Å². The van der Waals surface area contributed by atoms with Gasteiger partial charge in [0.05, 0.1) is 5.69 Å². The van der Waals surface area contributed by atoms with Gasteiger partial charge in [0.25, 0.3) is 5.91 Å². The summed E-state index contributed by atoms with van der Waals surface area (Å²) >= 11 is 0. The van der Waals surface area contributed by atoms with Crippen molar-refractivity contribution in [3.05, 3.63) is 53.9 Å². The highest BCUT2D eigenvalue weighted by Crippen LogP contribution is 2.13. The van der Waals surface area contributed by atoms with Crippen molar-refractivity contribution < 1.29 is 9.18 Å². The molecule has 4 nitrogen and oxygen atoms in total. The molecule has 2 rings (SSSR count). The number of aromatic nitrogens is 2. The van der Waals surface area contributed by atoms with E-state index in [1.807, 2.05) is 6.92 Å². The van der Waals surface area contributed by atoms with E-state index in [0.29, 0.717) is 6.42 Å². The fraction of sp³-hybridized carbons (Fsp3) is 0.154. The van der Waals surface area contributed by atoms with Crippen LogP contribution in [0.4, 0.5) is 10.1 Å². The van der Waals surface area contributed by atoms with Crippen LogP contribution in [0, 0.1) is 5.82 Å². The summed E-state index contributed by atoms with van der Waals surface area (Å²) in [5.74, 6) is -0.923. The first-order valence-corrected chi connectivity index (χ1v) is 5.57. The average Bonchev–Trinajstić information content (AvgIpc) is 2.41. The minimum absolute atomic E-state index is 0.138. The molecule has 0 aliphatic carbocycles. The van der Waals surface area contributed by atoms with Gasteiger partial charge in [-0.2, -0.15) is 0 Å². The third kappa shape index (κ3) is 2.68. The minimum atomic E-state index is -0.476. The molecule has 2 aromatic rings. The van der Waals surface area contributed by atoms with Crippen molar-refractivity contribution in [2.24, 2.45) is 0 Å². The quantitative estimate of drug-likeness (QED) is 0.903. The molecular formula is C13H12FN3O. The van der Waals surface area contributed by atoms with Crippen molar-refractivity contribution >= 4 is 11.6 Å². The zero-order valence-corrected chi connectivity index (χ0v) is 9.85. The van der Waals surface area contributed by atoms with Gasteiger partial charge >= 0.3 is 0 Å². The van der Waals surface area contributed by atoms with Gasteiger partial charge in [-0.15, -0.1) is 0 Å². The number of anilines is 1. The summed E-state index contributed by atoms with van der Waals surface area (Å²) in [6.45, 7) is 1.93. The molecule has 1 N–H and O–H groups in total. The molecular weight excluding hydrogens is 233 g/mol. The van der Waals surface area contributed by atoms with E-state index in [9.17, 15) is 9.18 Å². The fourth-order valence-corrected chi connectivity index (χ4v) is 1.46. The summed E-state index contributed by atoms with van der Waals surface area (Å²) in [4.78, 5) is 19.7. The van der Waals surface area contributed by atoms with Crippen LogP contribution in [0.5, 0.6) is 0 Å². The summed E-state index contributed by atoms with van der Waals surface area (Å²) in [7, 11) is 0. The van der Waals surface area contributed by atoms with Crippen molar-refractivity contribution in [3.63, 3.8) is 0 Å². The Morgan fingerprint density at radius 3 is 2.83 bits per heavy atom. The maximum absolute atomic E-state index is 13.4. The Morgan fingerprint density at radius 1 is 1.33 bits per heavy atom. The largest absolute Gasteiger partial charge is 0.318 e. The Bertz CT molecular complexity index is 572. The van der Waals surface area contributed by atoms with E-state index in [1.165, 1.54) is 18.5 Å². The number of para-hydroxylation sites is 1. The van der Waals surface area contributed by atoms with Crippen molar-refractivity contribution in [1.29, 1.82) is 0 Å². The normalized spacial score (nSPS) is 10.1. The molecule has 1 heterocycles. The molecule has 0 saturated carbocycles. The van der Waals surface area contributed by atoms with Crippen LogP contribution in [-0.2, 0) is 6.42 Å². The molecule has 5 heteroatoms.